The summed E-state index contributed by atoms with van der Waals surface area (Å²) in [6.07, 6.45) is 2.29. The molecule has 1 aromatic carbocycles. The molecule has 0 saturated carbocycles. The van der Waals surface area contributed by atoms with Gasteiger partial charge in [0.1, 0.15) is 18.3 Å². The maximum atomic E-state index is 14.5. The lowest BCUT2D eigenvalue weighted by Crippen LogP contribution is -2.43. The van der Waals surface area contributed by atoms with Crippen LogP contribution in [0.4, 0.5) is 4.39 Å². The van der Waals surface area contributed by atoms with E-state index in [1.807, 2.05) is 0 Å². The molecule has 0 radical (unpaired) electrons. The molecule has 26 heavy (non-hydrogen) atoms. The normalized spacial score (nSPS) is 20.6. The quantitative estimate of drug-likeness (QED) is 0.670. The third-order valence-corrected chi connectivity index (χ3v) is 4.87. The van der Waals surface area contributed by atoms with Crippen LogP contribution >= 0.6 is 48.0 Å². The summed E-state index contributed by atoms with van der Waals surface area (Å²) in [5.74, 6) is -0.0995. The van der Waals surface area contributed by atoms with Gasteiger partial charge in [0.25, 0.3) is 0 Å². The van der Waals surface area contributed by atoms with E-state index < -0.39 is 18.0 Å². The maximum Gasteiger partial charge on any atom is 0.136 e. The van der Waals surface area contributed by atoms with Gasteiger partial charge in [-0.1, -0.05) is 23.2 Å². The van der Waals surface area contributed by atoms with Crippen LogP contribution in [0.15, 0.2) is 24.0 Å². The summed E-state index contributed by atoms with van der Waals surface area (Å²) in [6.45, 7) is 0.312. The summed E-state index contributed by atoms with van der Waals surface area (Å²) in [4.78, 5) is 4.26. The second-order valence-electron chi connectivity index (χ2n) is 5.83. The third kappa shape index (κ3) is 5.01. The Hall–Kier alpha value is -0.600. The van der Waals surface area contributed by atoms with Gasteiger partial charge < -0.3 is 20.1 Å². The molecule has 0 spiro atoms. The number of aliphatic hydroxyl groups excluding tert-OH is 2. The van der Waals surface area contributed by atoms with E-state index >= 15 is 0 Å². The Balaban J connectivity index is 0.00000169. The van der Waals surface area contributed by atoms with E-state index in [4.69, 9.17) is 23.2 Å². The molecular weight excluding hydrogens is 427 g/mol. The van der Waals surface area contributed by atoms with Crippen LogP contribution in [0.3, 0.4) is 0 Å². The van der Waals surface area contributed by atoms with Crippen LogP contribution < -0.4 is 5.32 Å². The molecule has 1 saturated heterocycles. The Morgan fingerprint density at radius 1 is 1.35 bits per heavy atom. The minimum absolute atomic E-state index is 0. The number of halogens is 5. The number of piperidine rings is 1. The van der Waals surface area contributed by atoms with Gasteiger partial charge in [-0.15, -0.1) is 24.8 Å². The Labute approximate surface area is 173 Å². The maximum absolute atomic E-state index is 14.5. The smallest absolute Gasteiger partial charge is 0.136 e. The zero-order valence-corrected chi connectivity index (χ0v) is 16.8. The lowest BCUT2D eigenvalue weighted by molar-refractivity contribution is 0.114. The summed E-state index contributed by atoms with van der Waals surface area (Å²) < 4.78 is 16.0. The SMILES string of the molecule is Cl.Cl.OCc1nc2cc(Cl)c(Cl)cc2n1C/C(F)=C/[C@H]1NCCC[C@@H]1O. The van der Waals surface area contributed by atoms with E-state index in [0.717, 1.165) is 13.0 Å². The average molecular weight is 447 g/mol. The number of imidazole rings is 1. The highest BCUT2D eigenvalue weighted by Crippen LogP contribution is 2.29. The van der Waals surface area contributed by atoms with E-state index in [1.54, 1.807) is 16.7 Å². The summed E-state index contributed by atoms with van der Waals surface area (Å²) in [5.41, 5.74) is 1.13. The average Bonchev–Trinajstić information content (AvgIpc) is 2.87. The molecule has 0 bridgehead atoms. The van der Waals surface area contributed by atoms with Crippen LogP contribution in [0.5, 0.6) is 0 Å². The van der Waals surface area contributed by atoms with Crippen molar-refractivity contribution in [2.24, 2.45) is 0 Å². The van der Waals surface area contributed by atoms with Crippen molar-refractivity contribution in [1.29, 1.82) is 0 Å². The highest BCUT2D eigenvalue weighted by molar-refractivity contribution is 6.42. The number of aliphatic hydroxyl groups is 2. The largest absolute Gasteiger partial charge is 0.391 e. The number of allylic oxidation sites excluding steroid dienone is 1. The van der Waals surface area contributed by atoms with Gasteiger partial charge in [-0.05, 0) is 37.6 Å². The molecular formula is C16H20Cl4FN3O2. The monoisotopic (exact) mass is 445 g/mol. The van der Waals surface area contributed by atoms with E-state index in [1.165, 1.54) is 6.08 Å². The number of benzene rings is 1. The minimum atomic E-state index is -0.602. The van der Waals surface area contributed by atoms with Crippen LogP contribution in [0.2, 0.25) is 10.0 Å². The highest BCUT2D eigenvalue weighted by Gasteiger charge is 2.22. The summed E-state index contributed by atoms with van der Waals surface area (Å²) in [5, 5.41) is 23.2. The van der Waals surface area contributed by atoms with Crippen molar-refractivity contribution in [1.82, 2.24) is 14.9 Å². The summed E-state index contributed by atoms with van der Waals surface area (Å²) >= 11 is 12.0. The van der Waals surface area contributed by atoms with E-state index in [-0.39, 0.29) is 38.0 Å². The van der Waals surface area contributed by atoms with Crippen molar-refractivity contribution in [2.45, 2.75) is 38.1 Å². The Morgan fingerprint density at radius 3 is 2.69 bits per heavy atom. The van der Waals surface area contributed by atoms with Crippen molar-refractivity contribution in [3.05, 3.63) is 39.9 Å². The molecule has 1 aliphatic heterocycles. The van der Waals surface area contributed by atoms with Crippen LogP contribution in [0.25, 0.3) is 11.0 Å². The Bertz CT molecular complexity index is 784. The predicted molar refractivity (Wildman–Crippen MR) is 106 cm³/mol. The van der Waals surface area contributed by atoms with Crippen molar-refractivity contribution in [3.8, 4) is 0 Å². The number of hydrogen-bond donors (Lipinski definition) is 3. The van der Waals surface area contributed by atoms with Gasteiger partial charge in [0.05, 0.1) is 39.8 Å². The fraction of sp³-hybridized carbons (Fsp3) is 0.438. The number of fused-ring (bicyclic) bond motifs is 1. The predicted octanol–water partition coefficient (Wildman–Crippen LogP) is 3.65. The van der Waals surface area contributed by atoms with Crippen LogP contribution in [0, 0.1) is 0 Å². The van der Waals surface area contributed by atoms with E-state index in [2.05, 4.69) is 10.3 Å². The summed E-state index contributed by atoms with van der Waals surface area (Å²) in [6, 6.07) is 2.78. The zero-order valence-electron chi connectivity index (χ0n) is 13.7. The number of hydrogen-bond acceptors (Lipinski definition) is 4. The second kappa shape index (κ2) is 10.1. The first-order valence-electron chi connectivity index (χ1n) is 7.72. The molecule has 3 rings (SSSR count). The van der Waals surface area contributed by atoms with Gasteiger partial charge in [0.15, 0.2) is 0 Å². The molecule has 0 aliphatic carbocycles. The van der Waals surface area contributed by atoms with Crippen molar-refractivity contribution >= 4 is 59.0 Å². The molecule has 0 unspecified atom stereocenters. The van der Waals surface area contributed by atoms with Gasteiger partial charge in [-0.2, -0.15) is 0 Å². The standard InChI is InChI=1S/C16H18Cl2FN3O2.2ClH/c17-10-5-12-14(6-11(10)18)22(16(8-23)21-12)7-9(19)4-13-15(24)2-1-3-20-13;;/h4-6,13,15,20,23-24H,1-3,7-8H2;2*1H/b9-4-;;/t13-,15+;;/m1../s1. The molecule has 2 heterocycles. The van der Waals surface area contributed by atoms with Crippen LogP contribution in [0.1, 0.15) is 18.7 Å². The molecule has 1 fully saturated rings. The zero-order chi connectivity index (χ0) is 17.3. The number of rotatable bonds is 4. The number of nitrogens with zero attached hydrogens (tertiary/aromatic N) is 2. The first-order valence-corrected chi connectivity index (χ1v) is 8.48. The topological polar surface area (TPSA) is 70.3 Å². The minimum Gasteiger partial charge on any atom is -0.391 e. The van der Waals surface area contributed by atoms with Crippen molar-refractivity contribution in [3.63, 3.8) is 0 Å². The van der Waals surface area contributed by atoms with Gasteiger partial charge >= 0.3 is 0 Å². The first-order chi connectivity index (χ1) is 11.5. The molecule has 10 heteroatoms. The van der Waals surface area contributed by atoms with Gasteiger partial charge in [0.2, 0.25) is 0 Å². The van der Waals surface area contributed by atoms with Gasteiger partial charge in [-0.25, -0.2) is 9.37 Å². The second-order valence-corrected chi connectivity index (χ2v) is 6.64. The lowest BCUT2D eigenvalue weighted by Gasteiger charge is -2.26. The van der Waals surface area contributed by atoms with E-state index in [9.17, 15) is 14.6 Å². The lowest BCUT2D eigenvalue weighted by atomic mass is 10.0. The fourth-order valence-electron chi connectivity index (χ4n) is 2.93. The van der Waals surface area contributed by atoms with Gasteiger partial charge in [0, 0.05) is 0 Å². The van der Waals surface area contributed by atoms with Gasteiger partial charge in [-0.3, -0.25) is 0 Å². The third-order valence-electron chi connectivity index (χ3n) is 4.15. The van der Waals surface area contributed by atoms with Crippen molar-refractivity contribution in [2.75, 3.05) is 6.54 Å². The highest BCUT2D eigenvalue weighted by atomic mass is 35.5. The molecule has 2 atom stereocenters. The fourth-order valence-corrected chi connectivity index (χ4v) is 3.25. The Kier molecular flexibility index (Phi) is 9.09. The van der Waals surface area contributed by atoms with Crippen LogP contribution in [-0.4, -0.2) is 38.5 Å². The number of nitrogens with one attached hydrogen (secondary N) is 1. The molecule has 5 nitrogen and oxygen atoms in total. The molecule has 1 aromatic heterocycles. The molecule has 1 aliphatic rings. The van der Waals surface area contributed by atoms with Crippen molar-refractivity contribution < 1.29 is 14.6 Å². The molecule has 146 valence electrons. The van der Waals surface area contributed by atoms with E-state index in [0.29, 0.717) is 33.3 Å². The summed E-state index contributed by atoms with van der Waals surface area (Å²) in [7, 11) is 0. The van der Waals surface area contributed by atoms with Crippen LogP contribution in [-0.2, 0) is 13.2 Å². The first kappa shape index (κ1) is 23.4. The molecule has 2 aromatic rings. The molecule has 0 amide bonds. The number of aromatic nitrogens is 2. The Morgan fingerprint density at radius 2 is 2.04 bits per heavy atom. The molecule has 3 N–H and O–H groups in total.